The van der Waals surface area contributed by atoms with Crippen LogP contribution in [0.25, 0.3) is 0 Å². The van der Waals surface area contributed by atoms with Gasteiger partial charge in [0.2, 0.25) is 5.91 Å². The highest BCUT2D eigenvalue weighted by Gasteiger charge is 2.14. The van der Waals surface area contributed by atoms with Gasteiger partial charge in [-0.15, -0.1) is 0 Å². The van der Waals surface area contributed by atoms with Crippen LogP contribution in [0, 0.1) is 6.92 Å². The number of nitrogens with one attached hydrogen (secondary N) is 1. The molecule has 0 aliphatic carbocycles. The smallest absolute Gasteiger partial charge is 0.238 e. The molecule has 0 atom stereocenters. The molecule has 0 saturated carbocycles. The van der Waals surface area contributed by atoms with Gasteiger partial charge in [0.15, 0.2) is 0 Å². The Morgan fingerprint density at radius 3 is 2.35 bits per heavy atom. The predicted octanol–water partition coefficient (Wildman–Crippen LogP) is 3.66. The molecule has 4 nitrogen and oxygen atoms in total. The lowest BCUT2D eigenvalue weighted by molar-refractivity contribution is -0.117. The van der Waals surface area contributed by atoms with Gasteiger partial charge in [-0.3, -0.25) is 9.69 Å². The maximum atomic E-state index is 12.3. The van der Waals surface area contributed by atoms with Crippen molar-refractivity contribution in [3.05, 3.63) is 23.8 Å². The van der Waals surface area contributed by atoms with E-state index in [0.717, 1.165) is 37.4 Å². The lowest BCUT2D eigenvalue weighted by Crippen LogP contribution is -2.34. The third-order valence-electron chi connectivity index (χ3n) is 4.68. The minimum Gasteiger partial charge on any atom is -0.372 e. The van der Waals surface area contributed by atoms with Gasteiger partial charge >= 0.3 is 0 Å². The van der Waals surface area contributed by atoms with Gasteiger partial charge in [-0.1, -0.05) is 12.8 Å². The second kappa shape index (κ2) is 8.92. The Balaban J connectivity index is 1.95. The van der Waals surface area contributed by atoms with Gasteiger partial charge in [-0.2, -0.15) is 0 Å². The van der Waals surface area contributed by atoms with Crippen molar-refractivity contribution in [3.63, 3.8) is 0 Å². The first kappa shape index (κ1) is 17.8. The summed E-state index contributed by atoms with van der Waals surface area (Å²) in [7, 11) is 0. The van der Waals surface area contributed by atoms with E-state index in [2.05, 4.69) is 48.0 Å². The van der Waals surface area contributed by atoms with E-state index in [0.29, 0.717) is 6.54 Å². The Morgan fingerprint density at radius 2 is 1.78 bits per heavy atom. The van der Waals surface area contributed by atoms with Crippen molar-refractivity contribution in [2.75, 3.05) is 42.9 Å². The lowest BCUT2D eigenvalue weighted by Gasteiger charge is -2.23. The van der Waals surface area contributed by atoms with E-state index >= 15 is 0 Å². The molecule has 1 saturated heterocycles. The Hall–Kier alpha value is -1.55. The highest BCUT2D eigenvalue weighted by Crippen LogP contribution is 2.22. The number of amides is 1. The van der Waals surface area contributed by atoms with Gasteiger partial charge in [0, 0.05) is 24.5 Å². The van der Waals surface area contributed by atoms with Crippen LogP contribution in [0.2, 0.25) is 0 Å². The first-order chi connectivity index (χ1) is 11.1. The highest BCUT2D eigenvalue weighted by molar-refractivity contribution is 5.93. The molecule has 4 heteroatoms. The zero-order valence-electron chi connectivity index (χ0n) is 14.9. The first-order valence-electron chi connectivity index (χ1n) is 9.01. The van der Waals surface area contributed by atoms with Gasteiger partial charge in [-0.05, 0) is 70.5 Å². The Labute approximate surface area is 140 Å². The second-order valence-electron chi connectivity index (χ2n) is 6.41. The fourth-order valence-electron chi connectivity index (χ4n) is 3.26. The number of likely N-dealkylation sites (tertiary alicyclic amines) is 1. The largest absolute Gasteiger partial charge is 0.372 e. The van der Waals surface area contributed by atoms with Crippen LogP contribution in [0.4, 0.5) is 11.4 Å². The average Bonchev–Trinajstić information content (AvgIpc) is 2.79. The molecule has 1 aromatic rings. The van der Waals surface area contributed by atoms with Crippen molar-refractivity contribution in [1.82, 2.24) is 4.90 Å². The monoisotopic (exact) mass is 317 g/mol. The van der Waals surface area contributed by atoms with Crippen molar-refractivity contribution in [2.24, 2.45) is 0 Å². The van der Waals surface area contributed by atoms with Crippen molar-refractivity contribution < 1.29 is 4.79 Å². The first-order valence-corrected chi connectivity index (χ1v) is 9.01. The second-order valence-corrected chi connectivity index (χ2v) is 6.41. The minimum absolute atomic E-state index is 0.102. The number of carbonyl (C=O) groups is 1. The van der Waals surface area contributed by atoms with E-state index < -0.39 is 0 Å². The number of carbonyl (C=O) groups excluding carboxylic acids is 1. The van der Waals surface area contributed by atoms with Crippen LogP contribution >= 0.6 is 0 Å². The van der Waals surface area contributed by atoms with Crippen LogP contribution in [0.5, 0.6) is 0 Å². The third kappa shape index (κ3) is 5.24. The summed E-state index contributed by atoms with van der Waals surface area (Å²) in [6.07, 6.45) is 5.02. The average molecular weight is 317 g/mol. The summed E-state index contributed by atoms with van der Waals surface area (Å²) in [6.45, 7) is 11.0. The van der Waals surface area contributed by atoms with Gasteiger partial charge < -0.3 is 10.2 Å². The summed E-state index contributed by atoms with van der Waals surface area (Å²) in [5, 5.41) is 3.08. The standard InChI is InChI=1S/C19H31N3O/c1-4-22(5-2)17-10-11-18(16(3)14-17)20-19(23)15-21-12-8-6-7-9-13-21/h10-11,14H,4-9,12-13,15H2,1-3H3,(H,20,23). The normalized spacial score (nSPS) is 16.0. The van der Waals surface area contributed by atoms with Crippen LogP contribution in [0.15, 0.2) is 18.2 Å². The van der Waals surface area contributed by atoms with Crippen molar-refractivity contribution >= 4 is 17.3 Å². The third-order valence-corrected chi connectivity index (χ3v) is 4.68. The number of benzene rings is 1. The molecule has 23 heavy (non-hydrogen) atoms. The topological polar surface area (TPSA) is 35.6 Å². The Bertz CT molecular complexity index is 503. The van der Waals surface area contributed by atoms with E-state index in [1.54, 1.807) is 0 Å². The number of hydrogen-bond acceptors (Lipinski definition) is 3. The van der Waals surface area contributed by atoms with E-state index in [1.165, 1.54) is 31.4 Å². The molecule has 0 bridgehead atoms. The van der Waals surface area contributed by atoms with Crippen molar-refractivity contribution in [2.45, 2.75) is 46.5 Å². The Morgan fingerprint density at radius 1 is 1.13 bits per heavy atom. The van der Waals surface area contributed by atoms with E-state index in [-0.39, 0.29) is 5.91 Å². The van der Waals surface area contributed by atoms with Crippen molar-refractivity contribution in [1.29, 1.82) is 0 Å². The molecule has 1 heterocycles. The summed E-state index contributed by atoms with van der Waals surface area (Å²) >= 11 is 0. The quantitative estimate of drug-likeness (QED) is 0.870. The molecule has 1 amide bonds. The molecular formula is C19H31N3O. The van der Waals surface area contributed by atoms with Crippen LogP contribution in [-0.2, 0) is 4.79 Å². The van der Waals surface area contributed by atoms with Crippen molar-refractivity contribution in [3.8, 4) is 0 Å². The maximum absolute atomic E-state index is 12.3. The molecule has 0 unspecified atom stereocenters. The summed E-state index contributed by atoms with van der Waals surface area (Å²) in [5.74, 6) is 0.102. The molecule has 1 fully saturated rings. The lowest BCUT2D eigenvalue weighted by atomic mass is 10.1. The predicted molar refractivity (Wildman–Crippen MR) is 98.3 cm³/mol. The molecule has 0 radical (unpaired) electrons. The van der Waals surface area contributed by atoms with Crippen LogP contribution in [0.3, 0.4) is 0 Å². The van der Waals surface area contributed by atoms with E-state index in [9.17, 15) is 4.79 Å². The molecular weight excluding hydrogens is 286 g/mol. The summed E-state index contributed by atoms with van der Waals surface area (Å²) in [6, 6.07) is 6.29. The zero-order valence-corrected chi connectivity index (χ0v) is 14.9. The molecule has 128 valence electrons. The number of anilines is 2. The number of nitrogens with zero attached hydrogens (tertiary/aromatic N) is 2. The zero-order chi connectivity index (χ0) is 16.7. The molecule has 1 aliphatic heterocycles. The minimum atomic E-state index is 0.102. The summed E-state index contributed by atoms with van der Waals surface area (Å²) in [4.78, 5) is 16.9. The van der Waals surface area contributed by atoms with Gasteiger partial charge in [0.05, 0.1) is 6.54 Å². The number of hydrogen-bond donors (Lipinski definition) is 1. The molecule has 0 spiro atoms. The highest BCUT2D eigenvalue weighted by atomic mass is 16.2. The van der Waals surface area contributed by atoms with E-state index in [1.807, 2.05) is 6.07 Å². The number of aryl methyl sites for hydroxylation is 1. The number of rotatable bonds is 6. The molecule has 0 aromatic heterocycles. The van der Waals surface area contributed by atoms with Crippen LogP contribution < -0.4 is 10.2 Å². The SMILES string of the molecule is CCN(CC)c1ccc(NC(=O)CN2CCCCCC2)c(C)c1. The Kier molecular flexibility index (Phi) is 6.90. The van der Waals surface area contributed by atoms with Gasteiger partial charge in [0.1, 0.15) is 0 Å². The summed E-state index contributed by atoms with van der Waals surface area (Å²) < 4.78 is 0. The molecule has 1 aromatic carbocycles. The van der Waals surface area contributed by atoms with Crippen LogP contribution in [-0.4, -0.2) is 43.5 Å². The maximum Gasteiger partial charge on any atom is 0.238 e. The summed E-state index contributed by atoms with van der Waals surface area (Å²) in [5.41, 5.74) is 3.28. The molecule has 1 N–H and O–H groups in total. The fraction of sp³-hybridized carbons (Fsp3) is 0.632. The van der Waals surface area contributed by atoms with E-state index in [4.69, 9.17) is 0 Å². The van der Waals surface area contributed by atoms with Crippen LogP contribution in [0.1, 0.15) is 45.1 Å². The van der Waals surface area contributed by atoms with Gasteiger partial charge in [0.25, 0.3) is 0 Å². The fourth-order valence-corrected chi connectivity index (χ4v) is 3.26. The molecule has 2 rings (SSSR count). The van der Waals surface area contributed by atoms with Gasteiger partial charge in [-0.25, -0.2) is 0 Å². The molecule has 1 aliphatic rings.